The zero-order valence-corrected chi connectivity index (χ0v) is 23.3. The topological polar surface area (TPSA) is 115 Å². The second kappa shape index (κ2) is 11.0. The van der Waals surface area contributed by atoms with Gasteiger partial charge in [0, 0.05) is 17.7 Å². The summed E-state index contributed by atoms with van der Waals surface area (Å²) in [5.41, 5.74) is 7.71. The van der Waals surface area contributed by atoms with Crippen LogP contribution in [0.5, 0.6) is 0 Å². The second-order valence-electron chi connectivity index (χ2n) is 10.3. The lowest BCUT2D eigenvalue weighted by atomic mass is 9.71. The van der Waals surface area contributed by atoms with Crippen LogP contribution in [0.4, 0.5) is 0 Å². The van der Waals surface area contributed by atoms with E-state index in [2.05, 4.69) is 36.4 Å². The number of rotatable bonds is 10. The minimum Gasteiger partial charge on any atom is -0.324 e. The quantitative estimate of drug-likeness (QED) is 0.152. The van der Waals surface area contributed by atoms with Crippen LogP contribution in [0.15, 0.2) is 97.1 Å². The zero-order valence-electron chi connectivity index (χ0n) is 21.5. The van der Waals surface area contributed by atoms with Crippen molar-refractivity contribution in [1.82, 2.24) is 0 Å². The fourth-order valence-electron chi connectivity index (χ4n) is 5.95. The van der Waals surface area contributed by atoms with E-state index in [-0.39, 0.29) is 25.2 Å². The van der Waals surface area contributed by atoms with Crippen LogP contribution in [-0.4, -0.2) is 31.9 Å². The number of hydrogen-bond acceptors (Lipinski definition) is 2. The molecular weight excluding hydrogens is 530 g/mol. The van der Waals surface area contributed by atoms with Gasteiger partial charge in [0.2, 0.25) is 0 Å². The van der Waals surface area contributed by atoms with Gasteiger partial charge in [-0.25, -0.2) is 0 Å². The molecule has 0 heterocycles. The molecule has 0 saturated heterocycles. The van der Waals surface area contributed by atoms with E-state index < -0.39 is 20.6 Å². The zero-order chi connectivity index (χ0) is 27.7. The van der Waals surface area contributed by atoms with Crippen LogP contribution in [0.25, 0.3) is 33.4 Å². The maximum atomic E-state index is 11.8. The Morgan fingerprint density at radius 3 is 1.26 bits per heavy atom. The molecule has 0 radical (unpaired) electrons. The Balaban J connectivity index is 1.68. The Bertz CT molecular complexity index is 1440. The van der Waals surface area contributed by atoms with Gasteiger partial charge in [0.25, 0.3) is 0 Å². The van der Waals surface area contributed by atoms with E-state index in [4.69, 9.17) is 0 Å². The maximum Gasteiger partial charge on any atom is 0.325 e. The molecule has 0 aliphatic heterocycles. The van der Waals surface area contributed by atoms with Gasteiger partial charge in [0.05, 0.1) is 0 Å². The van der Waals surface area contributed by atoms with E-state index in [0.717, 1.165) is 44.5 Å². The smallest absolute Gasteiger partial charge is 0.324 e. The summed E-state index contributed by atoms with van der Waals surface area (Å²) in [7, 11) is -8.43. The lowest BCUT2D eigenvalue weighted by Gasteiger charge is -2.33. The third-order valence-corrected chi connectivity index (χ3v) is 9.48. The highest BCUT2D eigenvalue weighted by Gasteiger charge is 2.43. The molecule has 1 aliphatic carbocycles. The van der Waals surface area contributed by atoms with E-state index in [1.54, 1.807) is 0 Å². The average molecular weight is 563 g/mol. The van der Waals surface area contributed by atoms with Crippen molar-refractivity contribution in [2.75, 3.05) is 12.3 Å². The molecule has 39 heavy (non-hydrogen) atoms. The maximum absolute atomic E-state index is 11.8. The molecule has 0 spiro atoms. The van der Waals surface area contributed by atoms with E-state index in [9.17, 15) is 28.7 Å². The van der Waals surface area contributed by atoms with E-state index in [1.807, 2.05) is 60.7 Å². The van der Waals surface area contributed by atoms with Gasteiger partial charge in [-0.1, -0.05) is 84.9 Å². The summed E-state index contributed by atoms with van der Waals surface area (Å²) in [6.45, 7) is 0. The molecule has 1 aliphatic rings. The highest BCUT2D eigenvalue weighted by molar-refractivity contribution is 7.52. The highest BCUT2D eigenvalue weighted by atomic mass is 31.2. The summed E-state index contributed by atoms with van der Waals surface area (Å²) in [5.74, 6) is 0. The third kappa shape index (κ3) is 6.18. The minimum absolute atomic E-state index is 0.241. The van der Waals surface area contributed by atoms with Crippen LogP contribution in [0.3, 0.4) is 0 Å². The van der Waals surface area contributed by atoms with Crippen molar-refractivity contribution in [3.8, 4) is 33.4 Å². The number of hydrogen-bond donors (Lipinski definition) is 4. The lowest BCUT2D eigenvalue weighted by molar-refractivity contribution is 0.360. The molecule has 5 rings (SSSR count). The predicted octanol–water partition coefficient (Wildman–Crippen LogP) is 7.20. The van der Waals surface area contributed by atoms with E-state index in [0.29, 0.717) is 12.8 Å². The van der Waals surface area contributed by atoms with Gasteiger partial charge in [-0.15, -0.1) is 0 Å². The van der Waals surface area contributed by atoms with Gasteiger partial charge in [-0.05, 0) is 82.3 Å². The molecule has 4 aromatic rings. The normalized spacial score (nSPS) is 14.2. The summed E-state index contributed by atoms with van der Waals surface area (Å²) in [4.78, 5) is 38.6. The summed E-state index contributed by atoms with van der Waals surface area (Å²) in [6.07, 6.45) is 0.989. The molecule has 0 fully saturated rings. The van der Waals surface area contributed by atoms with Crippen molar-refractivity contribution in [1.29, 1.82) is 0 Å². The first-order valence-electron chi connectivity index (χ1n) is 13.1. The van der Waals surface area contributed by atoms with Crippen molar-refractivity contribution < 1.29 is 28.7 Å². The molecule has 4 N–H and O–H groups in total. The molecule has 202 valence electrons. The number of benzene rings is 4. The first-order valence-corrected chi connectivity index (χ1v) is 16.6. The van der Waals surface area contributed by atoms with Crippen LogP contribution in [0.1, 0.15) is 36.8 Å². The average Bonchev–Trinajstić information content (AvgIpc) is 3.17. The van der Waals surface area contributed by atoms with Crippen molar-refractivity contribution in [3.05, 3.63) is 108 Å². The Hall–Kier alpha value is -2.82. The van der Waals surface area contributed by atoms with Crippen LogP contribution in [0.2, 0.25) is 0 Å². The van der Waals surface area contributed by atoms with Gasteiger partial charge in [-0.3, -0.25) is 9.13 Å². The molecule has 0 bridgehead atoms. The fourth-order valence-corrected chi connectivity index (χ4v) is 7.09. The second-order valence-corrected chi connectivity index (χ2v) is 13.9. The molecule has 4 aromatic carbocycles. The summed E-state index contributed by atoms with van der Waals surface area (Å²) in [6, 6.07) is 32.7. The van der Waals surface area contributed by atoms with E-state index in [1.165, 1.54) is 0 Å². The molecule has 0 amide bonds. The Kier molecular flexibility index (Phi) is 7.81. The highest BCUT2D eigenvalue weighted by Crippen LogP contribution is 2.56. The van der Waals surface area contributed by atoms with E-state index >= 15 is 0 Å². The molecule has 0 atom stereocenters. The lowest BCUT2D eigenvalue weighted by Crippen LogP contribution is -2.26. The molecular formula is C31H32O6P2. The van der Waals surface area contributed by atoms with Crippen molar-refractivity contribution in [3.63, 3.8) is 0 Å². The van der Waals surface area contributed by atoms with Crippen molar-refractivity contribution in [2.24, 2.45) is 0 Å². The monoisotopic (exact) mass is 562 g/mol. The summed E-state index contributed by atoms with van der Waals surface area (Å²) >= 11 is 0. The van der Waals surface area contributed by atoms with Gasteiger partial charge in [0.15, 0.2) is 0 Å². The first kappa shape index (κ1) is 27.7. The van der Waals surface area contributed by atoms with Crippen molar-refractivity contribution in [2.45, 2.75) is 31.1 Å². The van der Waals surface area contributed by atoms with Gasteiger partial charge < -0.3 is 19.6 Å². The summed E-state index contributed by atoms with van der Waals surface area (Å²) in [5, 5.41) is 0. The third-order valence-electron chi connectivity index (χ3n) is 7.68. The van der Waals surface area contributed by atoms with Crippen LogP contribution >= 0.6 is 15.2 Å². The largest absolute Gasteiger partial charge is 0.325 e. The first-order chi connectivity index (χ1) is 18.6. The van der Waals surface area contributed by atoms with Crippen LogP contribution in [-0.2, 0) is 14.5 Å². The van der Waals surface area contributed by atoms with Gasteiger partial charge >= 0.3 is 15.2 Å². The molecule has 0 unspecified atom stereocenters. The summed E-state index contributed by atoms with van der Waals surface area (Å²) < 4.78 is 23.6. The van der Waals surface area contributed by atoms with Gasteiger partial charge in [-0.2, -0.15) is 0 Å². The molecule has 6 nitrogen and oxygen atoms in total. The molecule has 0 aromatic heterocycles. The Morgan fingerprint density at radius 1 is 0.513 bits per heavy atom. The SMILES string of the molecule is O=P(O)(O)CCCC1(CCCP(=O)(O)O)c2cc(-c3ccccc3)ccc2-c2ccc(-c3ccccc3)cc21. The standard InChI is InChI=1S/C31H32O6P2/c32-38(33,34)19-7-17-31(18-8-20-39(35,36)37)29-21-25(23-9-3-1-4-10-23)13-15-27(29)28-16-14-26(22-30(28)31)24-11-5-2-6-12-24/h1-6,9-16,21-22H,7-8,17-20H2,(H2,32,33,34)(H2,35,36,37). The minimum atomic E-state index is -4.21. The predicted molar refractivity (Wildman–Crippen MR) is 156 cm³/mol. The molecule has 8 heteroatoms. The number of fused-ring (bicyclic) bond motifs is 3. The van der Waals surface area contributed by atoms with Gasteiger partial charge in [0.1, 0.15) is 0 Å². The Labute approximate surface area is 228 Å². The fraction of sp³-hybridized carbons (Fsp3) is 0.226. The Morgan fingerprint density at radius 2 is 0.897 bits per heavy atom. The molecule has 0 saturated carbocycles. The van der Waals surface area contributed by atoms with Crippen LogP contribution < -0.4 is 0 Å². The van der Waals surface area contributed by atoms with Crippen LogP contribution in [0, 0.1) is 0 Å². The van der Waals surface area contributed by atoms with Crippen molar-refractivity contribution >= 4 is 15.2 Å².